The second kappa shape index (κ2) is 7.68. The highest BCUT2D eigenvalue weighted by molar-refractivity contribution is 5.53. The van der Waals surface area contributed by atoms with Crippen LogP contribution in [0.2, 0.25) is 0 Å². The first-order valence-corrected chi connectivity index (χ1v) is 8.81. The third-order valence-electron chi connectivity index (χ3n) is 4.60. The molecular weight excluding hydrogens is 328 g/mol. The predicted octanol–water partition coefficient (Wildman–Crippen LogP) is 2.89. The summed E-state index contributed by atoms with van der Waals surface area (Å²) in [5.41, 5.74) is 2.01. The fourth-order valence-electron chi connectivity index (χ4n) is 3.01. The van der Waals surface area contributed by atoms with Gasteiger partial charge in [0.25, 0.3) is 5.89 Å². The van der Waals surface area contributed by atoms with Gasteiger partial charge in [-0.05, 0) is 36.9 Å². The van der Waals surface area contributed by atoms with E-state index >= 15 is 0 Å². The third kappa shape index (κ3) is 3.76. The molecule has 0 aliphatic carbocycles. The molecule has 1 aromatic heterocycles. The Balaban J connectivity index is 1.42. The van der Waals surface area contributed by atoms with Crippen molar-refractivity contribution in [3.05, 3.63) is 66.0 Å². The van der Waals surface area contributed by atoms with Gasteiger partial charge in [-0.3, -0.25) is 4.90 Å². The summed E-state index contributed by atoms with van der Waals surface area (Å²) in [6.45, 7) is 3.33. The van der Waals surface area contributed by atoms with E-state index in [9.17, 15) is 0 Å². The summed E-state index contributed by atoms with van der Waals surface area (Å²) in [5, 5.41) is 7.54. The number of benzene rings is 2. The van der Waals surface area contributed by atoms with Gasteiger partial charge in [-0.25, -0.2) is 0 Å². The highest BCUT2D eigenvalue weighted by atomic mass is 16.5. The van der Waals surface area contributed by atoms with Gasteiger partial charge in [0.05, 0.1) is 6.04 Å². The van der Waals surface area contributed by atoms with Crippen molar-refractivity contribution >= 4 is 0 Å². The smallest absolute Gasteiger partial charge is 0.257 e. The van der Waals surface area contributed by atoms with Crippen molar-refractivity contribution in [1.29, 1.82) is 0 Å². The average Bonchev–Trinajstić information content (AvgIpc) is 3.18. The SMILES string of the molecule is CN1CCNCC1c1noc(-c2ccc(COc3ccccc3)cc2)n1. The van der Waals surface area contributed by atoms with E-state index in [1.54, 1.807) is 0 Å². The van der Waals surface area contributed by atoms with Crippen LogP contribution in [0.3, 0.4) is 0 Å². The van der Waals surface area contributed by atoms with Crippen LogP contribution in [0.15, 0.2) is 59.1 Å². The first kappa shape index (κ1) is 16.8. The van der Waals surface area contributed by atoms with Crippen LogP contribution in [-0.4, -0.2) is 41.7 Å². The van der Waals surface area contributed by atoms with Crippen molar-refractivity contribution in [2.45, 2.75) is 12.6 Å². The van der Waals surface area contributed by atoms with E-state index in [1.165, 1.54) is 0 Å². The number of hydrogen-bond acceptors (Lipinski definition) is 6. The Bertz CT molecular complexity index is 833. The topological polar surface area (TPSA) is 63.4 Å². The lowest BCUT2D eigenvalue weighted by Gasteiger charge is -2.30. The summed E-state index contributed by atoms with van der Waals surface area (Å²) in [6.07, 6.45) is 0. The van der Waals surface area contributed by atoms with Gasteiger partial charge >= 0.3 is 0 Å². The third-order valence-corrected chi connectivity index (χ3v) is 4.60. The first-order valence-electron chi connectivity index (χ1n) is 8.81. The molecule has 0 spiro atoms. The molecule has 1 atom stereocenters. The normalized spacial score (nSPS) is 18.0. The number of aromatic nitrogens is 2. The van der Waals surface area contributed by atoms with E-state index in [0.717, 1.165) is 42.3 Å². The maximum absolute atomic E-state index is 5.77. The molecule has 1 fully saturated rings. The van der Waals surface area contributed by atoms with Gasteiger partial charge < -0.3 is 14.6 Å². The Morgan fingerprint density at radius 2 is 1.96 bits per heavy atom. The van der Waals surface area contributed by atoms with Crippen molar-refractivity contribution in [2.24, 2.45) is 0 Å². The predicted molar refractivity (Wildman–Crippen MR) is 98.7 cm³/mol. The summed E-state index contributed by atoms with van der Waals surface area (Å²) in [6, 6.07) is 18.0. The number of para-hydroxylation sites is 1. The zero-order valence-corrected chi connectivity index (χ0v) is 14.8. The van der Waals surface area contributed by atoms with Crippen LogP contribution in [0.1, 0.15) is 17.4 Å². The molecule has 4 rings (SSSR count). The monoisotopic (exact) mass is 350 g/mol. The molecule has 1 saturated heterocycles. The van der Waals surface area contributed by atoms with Gasteiger partial charge in [0.15, 0.2) is 5.82 Å². The largest absolute Gasteiger partial charge is 0.489 e. The highest BCUT2D eigenvalue weighted by Gasteiger charge is 2.25. The molecule has 6 nitrogen and oxygen atoms in total. The van der Waals surface area contributed by atoms with Crippen LogP contribution in [0.5, 0.6) is 5.75 Å². The van der Waals surface area contributed by atoms with Gasteiger partial charge in [0, 0.05) is 25.2 Å². The van der Waals surface area contributed by atoms with Gasteiger partial charge in [0.1, 0.15) is 12.4 Å². The zero-order valence-electron chi connectivity index (χ0n) is 14.8. The number of nitrogens with one attached hydrogen (secondary N) is 1. The molecule has 26 heavy (non-hydrogen) atoms. The van der Waals surface area contributed by atoms with Crippen molar-refractivity contribution < 1.29 is 9.26 Å². The second-order valence-electron chi connectivity index (χ2n) is 6.46. The molecule has 1 aliphatic heterocycles. The summed E-state index contributed by atoms with van der Waals surface area (Å²) < 4.78 is 11.2. The summed E-state index contributed by atoms with van der Waals surface area (Å²) in [4.78, 5) is 6.83. The van der Waals surface area contributed by atoms with Gasteiger partial charge in [0.2, 0.25) is 0 Å². The van der Waals surface area contributed by atoms with Gasteiger partial charge in [-0.2, -0.15) is 4.98 Å². The lowest BCUT2D eigenvalue weighted by molar-refractivity contribution is 0.190. The first-order chi connectivity index (χ1) is 12.8. The number of hydrogen-bond donors (Lipinski definition) is 1. The Morgan fingerprint density at radius 1 is 1.15 bits per heavy atom. The van der Waals surface area contributed by atoms with Crippen molar-refractivity contribution in [3.63, 3.8) is 0 Å². The molecule has 1 unspecified atom stereocenters. The van der Waals surface area contributed by atoms with Crippen LogP contribution in [0, 0.1) is 0 Å². The Morgan fingerprint density at radius 3 is 2.73 bits per heavy atom. The Kier molecular flexibility index (Phi) is 4.95. The number of likely N-dealkylation sites (N-methyl/N-ethyl adjacent to an activating group) is 1. The average molecular weight is 350 g/mol. The molecule has 3 aromatic rings. The van der Waals surface area contributed by atoms with E-state index in [4.69, 9.17) is 9.26 Å². The standard InChI is InChI=1S/C20H22N4O2/c1-24-12-11-21-13-18(24)19-22-20(26-23-19)16-9-7-15(8-10-16)14-25-17-5-3-2-4-6-17/h2-10,18,21H,11-14H2,1H3. The molecular formula is C20H22N4O2. The molecule has 1 aliphatic rings. The maximum atomic E-state index is 5.77. The van der Waals surface area contributed by atoms with Crippen LogP contribution in [0.4, 0.5) is 0 Å². The van der Waals surface area contributed by atoms with Crippen LogP contribution < -0.4 is 10.1 Å². The maximum Gasteiger partial charge on any atom is 0.257 e. The molecule has 0 radical (unpaired) electrons. The molecule has 1 N–H and O–H groups in total. The fraction of sp³-hybridized carbons (Fsp3) is 0.300. The summed E-state index contributed by atoms with van der Waals surface area (Å²) in [5.74, 6) is 2.14. The Labute approximate surface area is 152 Å². The molecule has 134 valence electrons. The van der Waals surface area contributed by atoms with Crippen LogP contribution in [0.25, 0.3) is 11.5 Å². The number of nitrogens with zero attached hydrogens (tertiary/aromatic N) is 3. The number of ether oxygens (including phenoxy) is 1. The number of rotatable bonds is 5. The second-order valence-corrected chi connectivity index (χ2v) is 6.46. The summed E-state index contributed by atoms with van der Waals surface area (Å²) >= 11 is 0. The summed E-state index contributed by atoms with van der Waals surface area (Å²) in [7, 11) is 2.09. The van der Waals surface area contributed by atoms with Crippen molar-refractivity contribution in [3.8, 4) is 17.2 Å². The number of piperazine rings is 1. The lowest BCUT2D eigenvalue weighted by Crippen LogP contribution is -2.44. The molecule has 2 heterocycles. The lowest BCUT2D eigenvalue weighted by atomic mass is 10.1. The van der Waals surface area contributed by atoms with Gasteiger partial charge in [-0.1, -0.05) is 35.5 Å². The molecule has 2 aromatic carbocycles. The zero-order chi connectivity index (χ0) is 17.8. The molecule has 0 bridgehead atoms. The quantitative estimate of drug-likeness (QED) is 0.763. The molecule has 0 saturated carbocycles. The molecule has 0 amide bonds. The van der Waals surface area contributed by atoms with E-state index < -0.39 is 0 Å². The molecule has 6 heteroatoms. The van der Waals surface area contributed by atoms with Crippen LogP contribution in [-0.2, 0) is 6.61 Å². The Hall–Kier alpha value is -2.70. The van der Waals surface area contributed by atoms with Gasteiger partial charge in [-0.15, -0.1) is 0 Å². The fourth-order valence-corrected chi connectivity index (χ4v) is 3.01. The minimum atomic E-state index is 0.153. The highest BCUT2D eigenvalue weighted by Crippen LogP contribution is 2.23. The van der Waals surface area contributed by atoms with E-state index in [2.05, 4.69) is 27.4 Å². The van der Waals surface area contributed by atoms with E-state index in [-0.39, 0.29) is 6.04 Å². The van der Waals surface area contributed by atoms with Crippen LogP contribution >= 0.6 is 0 Å². The minimum Gasteiger partial charge on any atom is -0.489 e. The van der Waals surface area contributed by atoms with E-state index in [0.29, 0.717) is 12.5 Å². The van der Waals surface area contributed by atoms with Crippen molar-refractivity contribution in [1.82, 2.24) is 20.4 Å². The van der Waals surface area contributed by atoms with Crippen molar-refractivity contribution in [2.75, 3.05) is 26.7 Å². The minimum absolute atomic E-state index is 0.153. The van der Waals surface area contributed by atoms with E-state index in [1.807, 2.05) is 54.6 Å².